The van der Waals surface area contributed by atoms with Crippen LogP contribution < -0.4 is 11.1 Å². The normalized spacial score (nSPS) is 14.9. The summed E-state index contributed by atoms with van der Waals surface area (Å²) in [6.07, 6.45) is 2.03. The molecular weight excluding hydrogens is 226 g/mol. The molecule has 0 spiro atoms. The Kier molecular flexibility index (Phi) is 3.99. The molecule has 0 saturated carbocycles. The second kappa shape index (κ2) is 5.50. The highest BCUT2D eigenvalue weighted by atomic mass is 16.3. The van der Waals surface area contributed by atoms with Gasteiger partial charge in [0.05, 0.1) is 0 Å². The Hall–Kier alpha value is -1.39. The number of aromatic nitrogens is 1. The molecule has 18 heavy (non-hydrogen) atoms. The summed E-state index contributed by atoms with van der Waals surface area (Å²) in [6, 6.07) is 6.72. The Bertz CT molecular complexity index is 519. The van der Waals surface area contributed by atoms with E-state index >= 15 is 0 Å². The number of rotatable bonds is 5. The Balaban J connectivity index is 2.21. The molecule has 2 rings (SSSR count). The molecule has 4 heteroatoms. The van der Waals surface area contributed by atoms with Crippen molar-refractivity contribution in [1.29, 1.82) is 0 Å². The molecule has 0 radical (unpaired) electrons. The lowest BCUT2D eigenvalue weighted by molar-refractivity contribution is 0.496. The fourth-order valence-electron chi connectivity index (χ4n) is 2.18. The Morgan fingerprint density at radius 3 is 2.83 bits per heavy atom. The van der Waals surface area contributed by atoms with E-state index in [0.29, 0.717) is 11.9 Å². The van der Waals surface area contributed by atoms with Gasteiger partial charge in [-0.15, -0.1) is 0 Å². The van der Waals surface area contributed by atoms with Gasteiger partial charge in [0.2, 0.25) is 0 Å². The smallest absolute Gasteiger partial charge is 0.192 e. The van der Waals surface area contributed by atoms with Gasteiger partial charge in [-0.1, -0.05) is 6.07 Å². The average molecular weight is 247 g/mol. The van der Waals surface area contributed by atoms with E-state index in [1.54, 1.807) is 0 Å². The van der Waals surface area contributed by atoms with Gasteiger partial charge in [-0.25, -0.2) is 4.98 Å². The maximum Gasteiger partial charge on any atom is 0.192 e. The van der Waals surface area contributed by atoms with Crippen LogP contribution in [0.15, 0.2) is 22.6 Å². The first-order chi connectivity index (χ1) is 8.60. The van der Waals surface area contributed by atoms with Crippen LogP contribution in [-0.2, 0) is 0 Å². The zero-order valence-corrected chi connectivity index (χ0v) is 11.2. The van der Waals surface area contributed by atoms with Crippen molar-refractivity contribution >= 4 is 11.1 Å². The van der Waals surface area contributed by atoms with Gasteiger partial charge < -0.3 is 15.5 Å². The number of fused-ring (bicyclic) bond motifs is 1. The summed E-state index contributed by atoms with van der Waals surface area (Å²) in [4.78, 5) is 4.37. The SMILES string of the molecule is CNC(CCC(C)N)c1ccc2oc(C)nc2c1. The maximum absolute atomic E-state index is 5.81. The van der Waals surface area contributed by atoms with Crippen LogP contribution >= 0.6 is 0 Å². The number of nitrogens with one attached hydrogen (secondary N) is 1. The van der Waals surface area contributed by atoms with Crippen LogP contribution in [0.4, 0.5) is 0 Å². The standard InChI is InChI=1S/C14H21N3O/c1-9(15)4-6-12(16-3)11-5-7-14-13(8-11)17-10(2)18-14/h5,7-9,12,16H,4,6,15H2,1-3H3. The van der Waals surface area contributed by atoms with Crippen LogP contribution in [0.2, 0.25) is 0 Å². The largest absolute Gasteiger partial charge is 0.441 e. The molecule has 2 aromatic rings. The molecular formula is C14H21N3O. The minimum Gasteiger partial charge on any atom is -0.441 e. The van der Waals surface area contributed by atoms with Crippen LogP contribution in [0.3, 0.4) is 0 Å². The third-order valence-corrected chi connectivity index (χ3v) is 3.18. The van der Waals surface area contributed by atoms with Crippen molar-refractivity contribution in [2.45, 2.75) is 38.8 Å². The fourth-order valence-corrected chi connectivity index (χ4v) is 2.18. The van der Waals surface area contributed by atoms with Crippen molar-refractivity contribution in [1.82, 2.24) is 10.3 Å². The van der Waals surface area contributed by atoms with Gasteiger partial charge in [-0.05, 0) is 44.5 Å². The van der Waals surface area contributed by atoms with Gasteiger partial charge in [0.15, 0.2) is 11.5 Å². The van der Waals surface area contributed by atoms with Crippen LogP contribution in [0, 0.1) is 6.92 Å². The molecule has 0 fully saturated rings. The Morgan fingerprint density at radius 1 is 1.39 bits per heavy atom. The number of nitrogens with two attached hydrogens (primary N) is 1. The molecule has 0 saturated heterocycles. The van der Waals surface area contributed by atoms with Gasteiger partial charge in [-0.3, -0.25) is 0 Å². The first-order valence-electron chi connectivity index (χ1n) is 6.40. The molecule has 0 aliphatic heterocycles. The van der Waals surface area contributed by atoms with Crippen molar-refractivity contribution in [3.05, 3.63) is 29.7 Å². The zero-order chi connectivity index (χ0) is 13.1. The van der Waals surface area contributed by atoms with E-state index in [1.165, 1.54) is 5.56 Å². The lowest BCUT2D eigenvalue weighted by Gasteiger charge is -2.17. The van der Waals surface area contributed by atoms with Gasteiger partial charge in [-0.2, -0.15) is 0 Å². The number of oxazole rings is 1. The number of hydrogen-bond acceptors (Lipinski definition) is 4. The van der Waals surface area contributed by atoms with E-state index in [-0.39, 0.29) is 6.04 Å². The summed E-state index contributed by atoms with van der Waals surface area (Å²) in [5, 5.41) is 3.33. The highest BCUT2D eigenvalue weighted by molar-refractivity contribution is 5.73. The topological polar surface area (TPSA) is 64.1 Å². The quantitative estimate of drug-likeness (QED) is 0.852. The number of nitrogens with zero attached hydrogens (tertiary/aromatic N) is 1. The van der Waals surface area contributed by atoms with E-state index in [4.69, 9.17) is 10.2 Å². The summed E-state index contributed by atoms with van der Waals surface area (Å²) in [6.45, 7) is 3.90. The molecule has 3 N–H and O–H groups in total. The first-order valence-corrected chi connectivity index (χ1v) is 6.40. The average Bonchev–Trinajstić information content (AvgIpc) is 2.68. The van der Waals surface area contributed by atoms with Crippen LogP contribution in [-0.4, -0.2) is 18.1 Å². The third kappa shape index (κ3) is 2.89. The molecule has 98 valence electrons. The molecule has 1 aromatic heterocycles. The van der Waals surface area contributed by atoms with Crippen molar-refractivity contribution in [2.24, 2.45) is 5.73 Å². The second-order valence-electron chi connectivity index (χ2n) is 4.86. The summed E-state index contributed by atoms with van der Waals surface area (Å²) in [5.41, 5.74) is 8.82. The van der Waals surface area contributed by atoms with Crippen molar-refractivity contribution in [3.8, 4) is 0 Å². The number of aryl methyl sites for hydroxylation is 1. The lowest BCUT2D eigenvalue weighted by Crippen LogP contribution is -2.21. The summed E-state index contributed by atoms with van der Waals surface area (Å²) in [5.74, 6) is 0.707. The van der Waals surface area contributed by atoms with Gasteiger partial charge in [0, 0.05) is 19.0 Å². The maximum atomic E-state index is 5.81. The minimum absolute atomic E-state index is 0.235. The van der Waals surface area contributed by atoms with E-state index < -0.39 is 0 Å². The molecule has 1 aromatic carbocycles. The van der Waals surface area contributed by atoms with Crippen LogP contribution in [0.5, 0.6) is 0 Å². The first kappa shape index (κ1) is 13.1. The molecule has 1 heterocycles. The fraction of sp³-hybridized carbons (Fsp3) is 0.500. The summed E-state index contributed by atoms with van der Waals surface area (Å²) >= 11 is 0. The Labute approximate surface area is 108 Å². The van der Waals surface area contributed by atoms with Crippen molar-refractivity contribution < 1.29 is 4.42 Å². The van der Waals surface area contributed by atoms with Crippen LogP contribution in [0.1, 0.15) is 37.3 Å². The molecule has 2 atom stereocenters. The Morgan fingerprint density at radius 2 is 2.17 bits per heavy atom. The van der Waals surface area contributed by atoms with E-state index in [1.807, 2.05) is 27.0 Å². The van der Waals surface area contributed by atoms with Gasteiger partial charge in [0.1, 0.15) is 5.52 Å². The monoisotopic (exact) mass is 247 g/mol. The predicted molar refractivity (Wildman–Crippen MR) is 73.4 cm³/mol. The molecule has 2 unspecified atom stereocenters. The highest BCUT2D eigenvalue weighted by Crippen LogP contribution is 2.23. The predicted octanol–water partition coefficient (Wildman–Crippen LogP) is 2.52. The van der Waals surface area contributed by atoms with Crippen LogP contribution in [0.25, 0.3) is 11.1 Å². The van der Waals surface area contributed by atoms with Gasteiger partial charge in [0.25, 0.3) is 0 Å². The van der Waals surface area contributed by atoms with Gasteiger partial charge >= 0.3 is 0 Å². The highest BCUT2D eigenvalue weighted by Gasteiger charge is 2.12. The summed E-state index contributed by atoms with van der Waals surface area (Å²) < 4.78 is 5.48. The van der Waals surface area contributed by atoms with E-state index in [0.717, 1.165) is 23.9 Å². The summed E-state index contributed by atoms with van der Waals surface area (Å²) in [7, 11) is 1.98. The third-order valence-electron chi connectivity index (χ3n) is 3.18. The second-order valence-corrected chi connectivity index (χ2v) is 4.86. The molecule has 0 aliphatic carbocycles. The van der Waals surface area contributed by atoms with E-state index in [9.17, 15) is 0 Å². The number of benzene rings is 1. The minimum atomic E-state index is 0.235. The molecule has 0 aliphatic rings. The van der Waals surface area contributed by atoms with Crippen molar-refractivity contribution in [2.75, 3.05) is 7.05 Å². The molecule has 0 amide bonds. The van der Waals surface area contributed by atoms with E-state index in [2.05, 4.69) is 22.4 Å². The lowest BCUT2D eigenvalue weighted by atomic mass is 10.00. The molecule has 4 nitrogen and oxygen atoms in total. The number of hydrogen-bond donors (Lipinski definition) is 2. The van der Waals surface area contributed by atoms with Crippen molar-refractivity contribution in [3.63, 3.8) is 0 Å². The molecule has 0 bridgehead atoms. The zero-order valence-electron chi connectivity index (χ0n) is 11.2.